The average molecular weight is 498 g/mol. The van der Waals surface area contributed by atoms with Gasteiger partial charge >= 0.3 is 0 Å². The number of halogens is 2. The summed E-state index contributed by atoms with van der Waals surface area (Å²) in [6.45, 7) is 8.87. The van der Waals surface area contributed by atoms with E-state index in [0.29, 0.717) is 35.8 Å². The quantitative estimate of drug-likeness (QED) is 0.457. The Hall–Kier alpha value is -3.79. The van der Waals surface area contributed by atoms with Crippen LogP contribution in [0.15, 0.2) is 36.5 Å². The van der Waals surface area contributed by atoms with E-state index in [1.54, 1.807) is 11.0 Å². The van der Waals surface area contributed by atoms with Crippen molar-refractivity contribution in [1.82, 2.24) is 14.9 Å². The fourth-order valence-corrected chi connectivity index (χ4v) is 4.22. The molecule has 0 saturated heterocycles. The number of anilines is 3. The largest absolute Gasteiger partial charge is 0.496 e. The molecule has 0 spiro atoms. The lowest BCUT2D eigenvalue weighted by molar-refractivity contribution is -0.121. The molecule has 0 atom stereocenters. The Labute approximate surface area is 208 Å². The molecule has 2 aromatic carbocycles. The van der Waals surface area contributed by atoms with Crippen molar-refractivity contribution < 1.29 is 23.0 Å². The van der Waals surface area contributed by atoms with E-state index in [1.165, 1.54) is 25.3 Å². The number of nitrogens with zero attached hydrogens (tertiary/aromatic N) is 4. The standard InChI is InChI=1S/C26H29F2N5O3/c1-5-32(6-2)14-16-10-18(12-21-25(16)36-15-23(34)33(21)7-3)30-26-29-13-20(28)24(31-26)19-9-8-17(27)11-22(19)35-4/h8-13H,5-7,14-15H2,1-4H3,(H,29,30,31). The molecular weight excluding hydrogens is 468 g/mol. The Bertz CT molecular complexity index is 1270. The predicted octanol–water partition coefficient (Wildman–Crippen LogP) is 4.76. The Kier molecular flexibility index (Phi) is 7.64. The third-order valence-electron chi connectivity index (χ3n) is 6.10. The monoisotopic (exact) mass is 497 g/mol. The molecule has 10 heteroatoms. The number of amides is 1. The molecule has 2 heterocycles. The summed E-state index contributed by atoms with van der Waals surface area (Å²) in [5.41, 5.74) is 2.46. The van der Waals surface area contributed by atoms with Crippen molar-refractivity contribution in [3.05, 3.63) is 53.7 Å². The van der Waals surface area contributed by atoms with Gasteiger partial charge in [-0.15, -0.1) is 0 Å². The van der Waals surface area contributed by atoms with Gasteiger partial charge in [-0.3, -0.25) is 9.69 Å². The van der Waals surface area contributed by atoms with Crippen molar-refractivity contribution in [3.8, 4) is 22.8 Å². The van der Waals surface area contributed by atoms with Gasteiger partial charge in [0.15, 0.2) is 12.4 Å². The van der Waals surface area contributed by atoms with Crippen LogP contribution in [-0.2, 0) is 11.3 Å². The lowest BCUT2D eigenvalue weighted by Gasteiger charge is -2.31. The van der Waals surface area contributed by atoms with Crippen LogP contribution in [0.5, 0.6) is 11.5 Å². The van der Waals surface area contributed by atoms with Gasteiger partial charge in [0.25, 0.3) is 5.91 Å². The van der Waals surface area contributed by atoms with Crippen LogP contribution in [0.2, 0.25) is 0 Å². The molecule has 8 nitrogen and oxygen atoms in total. The highest BCUT2D eigenvalue weighted by atomic mass is 19.1. The minimum atomic E-state index is -0.672. The number of likely N-dealkylation sites (N-methyl/N-ethyl adjacent to an activating group) is 1. The van der Waals surface area contributed by atoms with E-state index in [2.05, 4.69) is 34.0 Å². The number of carbonyl (C=O) groups is 1. The van der Waals surface area contributed by atoms with Crippen LogP contribution in [0.4, 0.5) is 26.1 Å². The van der Waals surface area contributed by atoms with Gasteiger partial charge in [0.1, 0.15) is 23.0 Å². The number of nitrogens with one attached hydrogen (secondary N) is 1. The summed E-state index contributed by atoms with van der Waals surface area (Å²) in [5, 5.41) is 3.13. The number of carbonyl (C=O) groups excluding carboxylic acids is 1. The summed E-state index contributed by atoms with van der Waals surface area (Å²) >= 11 is 0. The van der Waals surface area contributed by atoms with Crippen LogP contribution in [0.3, 0.4) is 0 Å². The van der Waals surface area contributed by atoms with Gasteiger partial charge in [-0.1, -0.05) is 13.8 Å². The Morgan fingerprint density at radius 2 is 1.94 bits per heavy atom. The predicted molar refractivity (Wildman–Crippen MR) is 134 cm³/mol. The van der Waals surface area contributed by atoms with Crippen LogP contribution in [0.25, 0.3) is 11.3 Å². The van der Waals surface area contributed by atoms with Gasteiger partial charge in [0.2, 0.25) is 5.95 Å². The van der Waals surface area contributed by atoms with E-state index in [4.69, 9.17) is 9.47 Å². The first-order chi connectivity index (χ1) is 17.4. The Morgan fingerprint density at radius 3 is 2.64 bits per heavy atom. The maximum atomic E-state index is 14.7. The van der Waals surface area contributed by atoms with E-state index in [1.807, 2.05) is 13.0 Å². The Morgan fingerprint density at radius 1 is 1.17 bits per heavy atom. The third-order valence-corrected chi connectivity index (χ3v) is 6.10. The second kappa shape index (κ2) is 10.9. The second-order valence-electron chi connectivity index (χ2n) is 8.23. The summed E-state index contributed by atoms with van der Waals surface area (Å²) in [6.07, 6.45) is 1.05. The number of hydrogen-bond acceptors (Lipinski definition) is 7. The molecule has 0 unspecified atom stereocenters. The molecular formula is C26H29F2N5O3. The number of fused-ring (bicyclic) bond motifs is 1. The van der Waals surface area contributed by atoms with Crippen LogP contribution in [-0.4, -0.2) is 54.1 Å². The maximum absolute atomic E-state index is 14.7. The lowest BCUT2D eigenvalue weighted by Crippen LogP contribution is -2.39. The SMILES string of the molecule is CCN(CC)Cc1cc(Nc2ncc(F)c(-c3ccc(F)cc3OC)n2)cc2c1OCC(=O)N2CC. The summed E-state index contributed by atoms with van der Waals surface area (Å²) in [5.74, 6) is -0.337. The first kappa shape index (κ1) is 25.3. The van der Waals surface area contributed by atoms with Crippen LogP contribution >= 0.6 is 0 Å². The van der Waals surface area contributed by atoms with E-state index >= 15 is 0 Å². The second-order valence-corrected chi connectivity index (χ2v) is 8.23. The number of benzene rings is 2. The Balaban J connectivity index is 1.75. The first-order valence-electron chi connectivity index (χ1n) is 11.8. The zero-order valence-electron chi connectivity index (χ0n) is 20.8. The zero-order chi connectivity index (χ0) is 25.8. The van der Waals surface area contributed by atoms with Crippen LogP contribution in [0, 0.1) is 11.6 Å². The smallest absolute Gasteiger partial charge is 0.265 e. The topological polar surface area (TPSA) is 79.8 Å². The van der Waals surface area contributed by atoms with Crippen molar-refractivity contribution in [2.45, 2.75) is 27.3 Å². The number of hydrogen-bond donors (Lipinski definition) is 1. The van der Waals surface area contributed by atoms with Crippen molar-refractivity contribution >= 4 is 23.2 Å². The molecule has 36 heavy (non-hydrogen) atoms. The molecule has 1 aliphatic heterocycles. The summed E-state index contributed by atoms with van der Waals surface area (Å²) in [4.78, 5) is 24.8. The highest BCUT2D eigenvalue weighted by molar-refractivity contribution is 5.99. The molecule has 0 aliphatic carbocycles. The molecule has 1 aliphatic rings. The van der Waals surface area contributed by atoms with Gasteiger partial charge in [-0.2, -0.15) is 0 Å². The molecule has 0 bridgehead atoms. The summed E-state index contributed by atoms with van der Waals surface area (Å²) < 4.78 is 39.4. The molecule has 4 rings (SSSR count). The number of aromatic nitrogens is 2. The fraction of sp³-hybridized carbons (Fsp3) is 0.346. The van der Waals surface area contributed by atoms with Crippen molar-refractivity contribution in [2.24, 2.45) is 0 Å². The maximum Gasteiger partial charge on any atom is 0.265 e. The summed E-state index contributed by atoms with van der Waals surface area (Å²) in [6, 6.07) is 7.51. The number of methoxy groups -OCH3 is 1. The van der Waals surface area contributed by atoms with Crippen molar-refractivity contribution in [3.63, 3.8) is 0 Å². The van der Waals surface area contributed by atoms with E-state index in [-0.39, 0.29) is 29.9 Å². The van der Waals surface area contributed by atoms with Gasteiger partial charge < -0.3 is 19.7 Å². The molecule has 0 radical (unpaired) electrons. The highest BCUT2D eigenvalue weighted by Crippen LogP contribution is 2.40. The summed E-state index contributed by atoms with van der Waals surface area (Å²) in [7, 11) is 1.38. The van der Waals surface area contributed by atoms with Crippen molar-refractivity contribution in [1.29, 1.82) is 0 Å². The van der Waals surface area contributed by atoms with Crippen LogP contribution in [0.1, 0.15) is 26.3 Å². The molecule has 1 aromatic heterocycles. The van der Waals surface area contributed by atoms with Gasteiger partial charge in [-0.25, -0.2) is 18.7 Å². The number of ether oxygens (including phenoxy) is 2. The molecule has 0 saturated carbocycles. The van der Waals surface area contributed by atoms with Gasteiger partial charge in [0, 0.05) is 36.0 Å². The third kappa shape index (κ3) is 5.08. The van der Waals surface area contributed by atoms with E-state index in [0.717, 1.165) is 24.8 Å². The van der Waals surface area contributed by atoms with Crippen LogP contribution < -0.4 is 19.7 Å². The highest BCUT2D eigenvalue weighted by Gasteiger charge is 2.28. The zero-order valence-corrected chi connectivity index (χ0v) is 20.8. The van der Waals surface area contributed by atoms with Crippen molar-refractivity contribution in [2.75, 3.05) is 43.6 Å². The first-order valence-corrected chi connectivity index (χ1v) is 11.8. The van der Waals surface area contributed by atoms with E-state index in [9.17, 15) is 13.6 Å². The normalized spacial score (nSPS) is 13.0. The van der Waals surface area contributed by atoms with Gasteiger partial charge in [0.05, 0.1) is 19.0 Å². The average Bonchev–Trinajstić information content (AvgIpc) is 2.88. The molecule has 190 valence electrons. The molecule has 1 amide bonds. The minimum absolute atomic E-state index is 0.0111. The molecule has 0 fully saturated rings. The lowest BCUT2D eigenvalue weighted by atomic mass is 10.1. The van der Waals surface area contributed by atoms with E-state index < -0.39 is 11.6 Å². The minimum Gasteiger partial charge on any atom is -0.496 e. The molecule has 3 aromatic rings. The fourth-order valence-electron chi connectivity index (χ4n) is 4.22. The van der Waals surface area contributed by atoms with Gasteiger partial charge in [-0.05, 0) is 44.3 Å². The number of rotatable bonds is 9. The molecule has 1 N–H and O–H groups in total.